The molecule has 1 fully saturated rings. The second-order valence-corrected chi connectivity index (χ2v) is 6.64. The highest BCUT2D eigenvalue weighted by atomic mass is 35.5. The minimum atomic E-state index is -0.307. The summed E-state index contributed by atoms with van der Waals surface area (Å²) in [6.45, 7) is 0.329. The van der Waals surface area contributed by atoms with E-state index in [0.717, 1.165) is 25.7 Å². The van der Waals surface area contributed by atoms with Gasteiger partial charge >= 0.3 is 0 Å². The maximum absolute atomic E-state index is 12.5. The second kappa shape index (κ2) is 8.91. The quantitative estimate of drug-likeness (QED) is 0.783. The van der Waals surface area contributed by atoms with Crippen LogP contribution in [-0.4, -0.2) is 24.4 Å². The van der Waals surface area contributed by atoms with Crippen LogP contribution in [0.1, 0.15) is 42.5 Å². The van der Waals surface area contributed by atoms with E-state index < -0.39 is 0 Å². The maximum Gasteiger partial charge on any atom is 0.253 e. The Hall–Kier alpha value is -1.77. The van der Waals surface area contributed by atoms with Crippen LogP contribution in [0.5, 0.6) is 0 Å². The summed E-state index contributed by atoms with van der Waals surface area (Å²) >= 11 is 11.9. The van der Waals surface area contributed by atoms with E-state index in [4.69, 9.17) is 28.5 Å². The number of hydrogen-bond acceptors (Lipinski definition) is 3. The van der Waals surface area contributed by atoms with Crippen molar-refractivity contribution in [2.24, 2.45) is 5.92 Å². The molecule has 24 heavy (non-hydrogen) atoms. The van der Waals surface area contributed by atoms with Gasteiger partial charge in [-0.1, -0.05) is 36.0 Å². The molecule has 1 aromatic carbocycles. The van der Waals surface area contributed by atoms with E-state index in [1.54, 1.807) is 12.1 Å². The van der Waals surface area contributed by atoms with Crippen molar-refractivity contribution in [3.63, 3.8) is 0 Å². The minimum absolute atomic E-state index is 0.113. The molecule has 128 valence electrons. The predicted molar refractivity (Wildman–Crippen MR) is 92.9 cm³/mol. The van der Waals surface area contributed by atoms with Crippen molar-refractivity contribution in [2.75, 3.05) is 6.54 Å². The molecule has 1 aliphatic rings. The van der Waals surface area contributed by atoms with Crippen LogP contribution < -0.4 is 10.6 Å². The van der Waals surface area contributed by atoms with Gasteiger partial charge in [-0.25, -0.2) is 0 Å². The maximum atomic E-state index is 12.5. The second-order valence-electron chi connectivity index (χ2n) is 5.79. The van der Waals surface area contributed by atoms with Crippen molar-refractivity contribution < 1.29 is 9.59 Å². The zero-order valence-electron chi connectivity index (χ0n) is 13.1. The van der Waals surface area contributed by atoms with Gasteiger partial charge in [0.25, 0.3) is 5.91 Å². The molecule has 0 radical (unpaired) electrons. The van der Waals surface area contributed by atoms with Gasteiger partial charge in [-0.05, 0) is 31.0 Å². The molecule has 1 saturated carbocycles. The van der Waals surface area contributed by atoms with Gasteiger partial charge in [-0.15, -0.1) is 0 Å². The first-order valence-electron chi connectivity index (χ1n) is 7.93. The lowest BCUT2D eigenvalue weighted by Crippen LogP contribution is -2.48. The van der Waals surface area contributed by atoms with E-state index in [2.05, 4.69) is 10.6 Å². The Morgan fingerprint density at radius 2 is 2.00 bits per heavy atom. The van der Waals surface area contributed by atoms with Crippen molar-refractivity contribution >= 4 is 35.0 Å². The van der Waals surface area contributed by atoms with Crippen LogP contribution in [0.3, 0.4) is 0 Å². The number of nitrogens with one attached hydrogen (secondary N) is 2. The zero-order valence-corrected chi connectivity index (χ0v) is 14.7. The fourth-order valence-electron chi connectivity index (χ4n) is 2.91. The number of benzene rings is 1. The average molecular weight is 368 g/mol. The predicted octanol–water partition coefficient (Wildman–Crippen LogP) is 3.31. The zero-order chi connectivity index (χ0) is 17.5. The molecule has 0 aliphatic heterocycles. The number of nitriles is 1. The first-order valence-corrected chi connectivity index (χ1v) is 8.69. The van der Waals surface area contributed by atoms with E-state index >= 15 is 0 Å². The van der Waals surface area contributed by atoms with Crippen LogP contribution >= 0.6 is 23.2 Å². The van der Waals surface area contributed by atoms with E-state index in [9.17, 15) is 9.59 Å². The van der Waals surface area contributed by atoms with Crippen LogP contribution in [-0.2, 0) is 4.79 Å². The average Bonchev–Trinajstić information content (AvgIpc) is 2.55. The third kappa shape index (κ3) is 4.86. The molecule has 2 rings (SSSR count). The van der Waals surface area contributed by atoms with E-state index in [0.29, 0.717) is 17.1 Å². The summed E-state index contributed by atoms with van der Waals surface area (Å²) in [5, 5.41) is 15.0. The molecule has 2 atom stereocenters. The summed E-state index contributed by atoms with van der Waals surface area (Å²) in [5.74, 6) is -0.705. The van der Waals surface area contributed by atoms with Crippen molar-refractivity contribution in [1.82, 2.24) is 10.6 Å². The lowest BCUT2D eigenvalue weighted by atomic mass is 9.83. The van der Waals surface area contributed by atoms with E-state index in [1.165, 1.54) is 6.07 Å². The minimum Gasteiger partial charge on any atom is -0.355 e. The lowest BCUT2D eigenvalue weighted by Gasteiger charge is -2.31. The van der Waals surface area contributed by atoms with Crippen LogP contribution in [0, 0.1) is 17.2 Å². The molecule has 7 heteroatoms. The number of hydrogen-bond donors (Lipinski definition) is 2. The Bertz CT molecular complexity index is 658. The molecule has 2 amide bonds. The standard InChI is InChI=1S/C17H19Cl2N3O2/c18-11-6-7-12(14(19)10-11)17(24)22-15-5-2-1-4-13(15)16(23)21-9-3-8-20/h6-7,10,13,15H,1-5,9H2,(H,21,23)(H,22,24). The highest BCUT2D eigenvalue weighted by Gasteiger charge is 2.32. The molecular formula is C17H19Cl2N3O2. The molecular weight excluding hydrogens is 349 g/mol. The lowest BCUT2D eigenvalue weighted by molar-refractivity contribution is -0.126. The topological polar surface area (TPSA) is 82.0 Å². The summed E-state index contributed by atoms with van der Waals surface area (Å²) in [5.41, 5.74) is 0.343. The molecule has 2 unspecified atom stereocenters. The Balaban J connectivity index is 2.03. The third-order valence-electron chi connectivity index (χ3n) is 4.13. The van der Waals surface area contributed by atoms with Crippen molar-refractivity contribution in [2.45, 2.75) is 38.1 Å². The van der Waals surface area contributed by atoms with E-state index in [1.807, 2.05) is 6.07 Å². The fraction of sp³-hybridized carbons (Fsp3) is 0.471. The Morgan fingerprint density at radius 1 is 1.25 bits per heavy atom. The highest BCUT2D eigenvalue weighted by molar-refractivity contribution is 6.36. The fourth-order valence-corrected chi connectivity index (χ4v) is 3.40. The normalized spacial score (nSPS) is 20.0. The Labute approximate surface area is 151 Å². The van der Waals surface area contributed by atoms with Gasteiger partial charge in [0.15, 0.2) is 0 Å². The van der Waals surface area contributed by atoms with Gasteiger partial charge in [0.2, 0.25) is 5.91 Å². The summed E-state index contributed by atoms with van der Waals surface area (Å²) in [6.07, 6.45) is 3.65. The largest absolute Gasteiger partial charge is 0.355 e. The van der Waals surface area contributed by atoms with Crippen LogP contribution in [0.4, 0.5) is 0 Å². The first-order chi connectivity index (χ1) is 11.5. The molecule has 0 saturated heterocycles. The third-order valence-corrected chi connectivity index (χ3v) is 4.68. The van der Waals surface area contributed by atoms with Gasteiger partial charge in [0, 0.05) is 17.6 Å². The Kier molecular flexibility index (Phi) is 6.89. The number of nitrogens with zero attached hydrogens (tertiary/aromatic N) is 1. The van der Waals surface area contributed by atoms with Gasteiger partial charge in [-0.3, -0.25) is 9.59 Å². The Morgan fingerprint density at radius 3 is 2.71 bits per heavy atom. The first kappa shape index (κ1) is 18.6. The SMILES string of the molecule is N#CCCNC(=O)C1CCCCC1NC(=O)c1ccc(Cl)cc1Cl. The summed E-state index contributed by atoms with van der Waals surface area (Å²) in [7, 11) is 0. The molecule has 1 aliphatic carbocycles. The molecule has 0 spiro atoms. The summed E-state index contributed by atoms with van der Waals surface area (Å²) in [6, 6.07) is 6.46. The van der Waals surface area contributed by atoms with E-state index in [-0.39, 0.29) is 35.2 Å². The van der Waals surface area contributed by atoms with Crippen LogP contribution in [0.15, 0.2) is 18.2 Å². The van der Waals surface area contributed by atoms with Crippen molar-refractivity contribution in [1.29, 1.82) is 5.26 Å². The smallest absolute Gasteiger partial charge is 0.253 e. The van der Waals surface area contributed by atoms with Gasteiger partial charge in [0.1, 0.15) is 0 Å². The number of carbonyl (C=O) groups is 2. The number of carbonyl (C=O) groups excluding carboxylic acids is 2. The molecule has 0 bridgehead atoms. The van der Waals surface area contributed by atoms with Crippen molar-refractivity contribution in [3.8, 4) is 6.07 Å². The number of halogens is 2. The molecule has 0 aromatic heterocycles. The van der Waals surface area contributed by atoms with Crippen LogP contribution in [0.2, 0.25) is 10.0 Å². The molecule has 0 heterocycles. The van der Waals surface area contributed by atoms with Gasteiger partial charge < -0.3 is 10.6 Å². The summed E-state index contributed by atoms with van der Waals surface area (Å²) < 4.78 is 0. The monoisotopic (exact) mass is 367 g/mol. The van der Waals surface area contributed by atoms with Crippen molar-refractivity contribution in [3.05, 3.63) is 33.8 Å². The highest BCUT2D eigenvalue weighted by Crippen LogP contribution is 2.26. The number of rotatable bonds is 5. The molecule has 5 nitrogen and oxygen atoms in total. The van der Waals surface area contributed by atoms with Gasteiger partial charge in [0.05, 0.1) is 29.0 Å². The molecule has 1 aromatic rings. The van der Waals surface area contributed by atoms with Gasteiger partial charge in [-0.2, -0.15) is 5.26 Å². The molecule has 2 N–H and O–H groups in total. The number of amides is 2. The van der Waals surface area contributed by atoms with Crippen LogP contribution in [0.25, 0.3) is 0 Å². The summed E-state index contributed by atoms with van der Waals surface area (Å²) in [4.78, 5) is 24.8.